The zero-order chi connectivity index (χ0) is 13.3. The zero-order valence-electron chi connectivity index (χ0n) is 9.93. The van der Waals surface area contributed by atoms with Gasteiger partial charge in [-0.15, -0.1) is 11.3 Å². The molecule has 1 fully saturated rings. The van der Waals surface area contributed by atoms with Gasteiger partial charge < -0.3 is 10.0 Å². The van der Waals surface area contributed by atoms with Crippen molar-refractivity contribution < 1.29 is 14.7 Å². The maximum absolute atomic E-state index is 12.3. The number of hydrogen-bond donors (Lipinski definition) is 1. The van der Waals surface area contributed by atoms with E-state index in [1.807, 2.05) is 6.92 Å². The van der Waals surface area contributed by atoms with E-state index in [0.717, 1.165) is 16.6 Å². The highest BCUT2D eigenvalue weighted by atomic mass is 79.9. The van der Waals surface area contributed by atoms with Gasteiger partial charge in [0.15, 0.2) is 0 Å². The first kappa shape index (κ1) is 13.5. The van der Waals surface area contributed by atoms with Crippen molar-refractivity contribution in [2.45, 2.75) is 25.8 Å². The lowest BCUT2D eigenvalue weighted by atomic mass is 9.90. The molecular formula is C12H14BrNO3S. The Kier molecular flexibility index (Phi) is 4.07. The van der Waals surface area contributed by atoms with Crippen molar-refractivity contribution in [2.75, 3.05) is 6.54 Å². The van der Waals surface area contributed by atoms with Crippen molar-refractivity contribution in [2.24, 2.45) is 5.92 Å². The van der Waals surface area contributed by atoms with Crippen LogP contribution in [0.4, 0.5) is 0 Å². The summed E-state index contributed by atoms with van der Waals surface area (Å²) in [4.78, 5) is 25.1. The molecule has 2 heterocycles. The molecule has 1 aliphatic heterocycles. The monoisotopic (exact) mass is 331 g/mol. The van der Waals surface area contributed by atoms with Gasteiger partial charge in [0.1, 0.15) is 6.04 Å². The molecule has 0 bridgehead atoms. The molecule has 1 aromatic heterocycles. The molecule has 1 N–H and O–H groups in total. The predicted octanol–water partition coefficient (Wildman–Crippen LogP) is 2.84. The molecule has 2 rings (SSSR count). The molecular weight excluding hydrogens is 318 g/mol. The van der Waals surface area contributed by atoms with Gasteiger partial charge in [-0.05, 0) is 40.8 Å². The summed E-state index contributed by atoms with van der Waals surface area (Å²) < 4.78 is 0.878. The first-order valence-electron chi connectivity index (χ1n) is 5.78. The van der Waals surface area contributed by atoms with Crippen LogP contribution in [-0.4, -0.2) is 34.5 Å². The van der Waals surface area contributed by atoms with E-state index in [1.54, 1.807) is 11.4 Å². The molecule has 0 radical (unpaired) electrons. The highest BCUT2D eigenvalue weighted by molar-refractivity contribution is 9.11. The lowest BCUT2D eigenvalue weighted by Gasteiger charge is -2.37. The maximum Gasteiger partial charge on any atom is 0.326 e. The number of piperidine rings is 1. The second-order valence-electron chi connectivity index (χ2n) is 4.54. The molecule has 0 saturated carbocycles. The molecule has 0 aliphatic carbocycles. The summed E-state index contributed by atoms with van der Waals surface area (Å²) >= 11 is 4.74. The number of amides is 1. The zero-order valence-corrected chi connectivity index (χ0v) is 12.3. The van der Waals surface area contributed by atoms with E-state index in [2.05, 4.69) is 15.9 Å². The maximum atomic E-state index is 12.3. The molecule has 1 amide bonds. The quantitative estimate of drug-likeness (QED) is 0.906. The van der Waals surface area contributed by atoms with Gasteiger partial charge in [-0.3, -0.25) is 4.79 Å². The van der Waals surface area contributed by atoms with Gasteiger partial charge in [-0.2, -0.15) is 0 Å². The number of likely N-dealkylation sites (tertiary alicyclic amines) is 1. The van der Waals surface area contributed by atoms with Crippen LogP contribution >= 0.6 is 27.3 Å². The molecule has 0 aromatic carbocycles. The van der Waals surface area contributed by atoms with Crippen molar-refractivity contribution in [3.63, 3.8) is 0 Å². The van der Waals surface area contributed by atoms with Gasteiger partial charge in [0, 0.05) is 11.9 Å². The Morgan fingerprint density at radius 1 is 1.56 bits per heavy atom. The van der Waals surface area contributed by atoms with Crippen molar-refractivity contribution in [1.82, 2.24) is 4.90 Å². The standard InChI is InChI=1S/C12H14BrNO3S/c1-7-3-2-4-14(10(7)12(16)17)11(15)8-5-9(13)18-6-8/h5-7,10H,2-4H2,1H3,(H,16,17). The first-order valence-corrected chi connectivity index (χ1v) is 7.45. The van der Waals surface area contributed by atoms with E-state index in [1.165, 1.54) is 16.2 Å². The number of carboxylic acids is 1. The number of carbonyl (C=O) groups is 2. The molecule has 1 aromatic rings. The van der Waals surface area contributed by atoms with E-state index >= 15 is 0 Å². The third kappa shape index (κ3) is 2.59. The average Bonchev–Trinajstić information content (AvgIpc) is 2.74. The van der Waals surface area contributed by atoms with Crippen LogP contribution in [0.1, 0.15) is 30.1 Å². The van der Waals surface area contributed by atoms with Crippen molar-refractivity contribution >= 4 is 39.1 Å². The van der Waals surface area contributed by atoms with E-state index in [-0.39, 0.29) is 11.8 Å². The molecule has 1 saturated heterocycles. The molecule has 2 unspecified atom stereocenters. The van der Waals surface area contributed by atoms with Gasteiger partial charge in [0.25, 0.3) is 5.91 Å². The molecule has 0 spiro atoms. The Labute approximate surface area is 118 Å². The second kappa shape index (κ2) is 5.40. The third-order valence-electron chi connectivity index (χ3n) is 3.26. The number of rotatable bonds is 2. The lowest BCUT2D eigenvalue weighted by Crippen LogP contribution is -2.51. The fourth-order valence-electron chi connectivity index (χ4n) is 2.38. The van der Waals surface area contributed by atoms with Crippen LogP contribution in [0.25, 0.3) is 0 Å². The van der Waals surface area contributed by atoms with E-state index in [9.17, 15) is 14.7 Å². The minimum atomic E-state index is -0.912. The van der Waals surface area contributed by atoms with Crippen LogP contribution in [0, 0.1) is 5.92 Å². The first-order chi connectivity index (χ1) is 8.50. The van der Waals surface area contributed by atoms with Crippen molar-refractivity contribution in [3.8, 4) is 0 Å². The number of nitrogens with zero attached hydrogens (tertiary/aromatic N) is 1. The van der Waals surface area contributed by atoms with Crippen LogP contribution in [-0.2, 0) is 4.79 Å². The molecule has 98 valence electrons. The number of halogens is 1. The van der Waals surface area contributed by atoms with E-state index in [4.69, 9.17) is 0 Å². The fourth-order valence-corrected chi connectivity index (χ4v) is 3.51. The van der Waals surface area contributed by atoms with Crippen LogP contribution < -0.4 is 0 Å². The van der Waals surface area contributed by atoms with Gasteiger partial charge in [-0.25, -0.2) is 4.79 Å². The molecule has 1 aliphatic rings. The van der Waals surface area contributed by atoms with Gasteiger partial charge >= 0.3 is 5.97 Å². The number of hydrogen-bond acceptors (Lipinski definition) is 3. The minimum Gasteiger partial charge on any atom is -0.480 e. The SMILES string of the molecule is CC1CCCN(C(=O)c2csc(Br)c2)C1C(=O)O. The Morgan fingerprint density at radius 3 is 2.83 bits per heavy atom. The van der Waals surface area contributed by atoms with Crippen LogP contribution in [0.15, 0.2) is 15.2 Å². The molecule has 4 nitrogen and oxygen atoms in total. The van der Waals surface area contributed by atoms with Crippen LogP contribution in [0.2, 0.25) is 0 Å². The third-order valence-corrected chi connectivity index (χ3v) is 4.77. The highest BCUT2D eigenvalue weighted by Crippen LogP contribution is 2.27. The summed E-state index contributed by atoms with van der Waals surface area (Å²) in [5.41, 5.74) is 0.562. The van der Waals surface area contributed by atoms with E-state index < -0.39 is 12.0 Å². The number of carbonyl (C=O) groups excluding carboxylic acids is 1. The summed E-state index contributed by atoms with van der Waals surface area (Å²) in [6, 6.07) is 1.04. The summed E-state index contributed by atoms with van der Waals surface area (Å²) in [7, 11) is 0. The normalized spacial score (nSPS) is 24.0. The topological polar surface area (TPSA) is 57.6 Å². The average molecular weight is 332 g/mol. The minimum absolute atomic E-state index is 0.00211. The summed E-state index contributed by atoms with van der Waals surface area (Å²) in [5.74, 6) is -1.09. The van der Waals surface area contributed by atoms with Gasteiger partial charge in [0.05, 0.1) is 9.35 Å². The van der Waals surface area contributed by atoms with Crippen molar-refractivity contribution in [1.29, 1.82) is 0 Å². The Bertz CT molecular complexity index is 474. The lowest BCUT2D eigenvalue weighted by molar-refractivity contribution is -0.145. The van der Waals surface area contributed by atoms with Crippen molar-refractivity contribution in [3.05, 3.63) is 20.8 Å². The number of thiophene rings is 1. The summed E-state index contributed by atoms with van der Waals surface area (Å²) in [6.07, 6.45) is 1.72. The fraction of sp³-hybridized carbons (Fsp3) is 0.500. The smallest absolute Gasteiger partial charge is 0.326 e. The van der Waals surface area contributed by atoms with Crippen LogP contribution in [0.3, 0.4) is 0 Å². The van der Waals surface area contributed by atoms with E-state index in [0.29, 0.717) is 12.1 Å². The Hall–Kier alpha value is -0.880. The van der Waals surface area contributed by atoms with Crippen LogP contribution in [0.5, 0.6) is 0 Å². The predicted molar refractivity (Wildman–Crippen MR) is 72.9 cm³/mol. The number of aliphatic carboxylic acids is 1. The Balaban J connectivity index is 2.24. The number of carboxylic acid groups (broad SMARTS) is 1. The second-order valence-corrected chi connectivity index (χ2v) is 6.83. The largest absolute Gasteiger partial charge is 0.480 e. The van der Waals surface area contributed by atoms with Gasteiger partial charge in [-0.1, -0.05) is 6.92 Å². The summed E-state index contributed by atoms with van der Waals surface area (Å²) in [5, 5.41) is 11.0. The highest BCUT2D eigenvalue weighted by Gasteiger charge is 2.37. The molecule has 2 atom stereocenters. The van der Waals surface area contributed by atoms with Gasteiger partial charge in [0.2, 0.25) is 0 Å². The molecule has 18 heavy (non-hydrogen) atoms. The molecule has 6 heteroatoms. The summed E-state index contributed by atoms with van der Waals surface area (Å²) in [6.45, 7) is 2.41. The Morgan fingerprint density at radius 2 is 2.28 bits per heavy atom.